The molecule has 0 spiro atoms. The van der Waals surface area contributed by atoms with Crippen LogP contribution < -0.4 is 4.74 Å². The summed E-state index contributed by atoms with van der Waals surface area (Å²) in [5.41, 5.74) is 4.36. The zero-order chi connectivity index (χ0) is 21.8. The van der Waals surface area contributed by atoms with Crippen LogP contribution in [0.25, 0.3) is 0 Å². The van der Waals surface area contributed by atoms with Crippen molar-refractivity contribution >= 4 is 21.8 Å². The Morgan fingerprint density at radius 1 is 0.867 bits per heavy atom. The first-order valence-corrected chi connectivity index (χ1v) is 11.0. The lowest BCUT2D eigenvalue weighted by molar-refractivity contribution is -0.133. The summed E-state index contributed by atoms with van der Waals surface area (Å²) >= 11 is 3.66. The fourth-order valence-corrected chi connectivity index (χ4v) is 4.34. The summed E-state index contributed by atoms with van der Waals surface area (Å²) in [6, 6.07) is 22.2. The predicted octanol–water partition coefficient (Wildman–Crippen LogP) is 7.53. The van der Waals surface area contributed by atoms with Gasteiger partial charge in [-0.05, 0) is 78.0 Å². The molecule has 0 bridgehead atoms. The van der Waals surface area contributed by atoms with Crippen LogP contribution in [0.15, 0.2) is 71.2 Å². The van der Waals surface area contributed by atoms with Crippen LogP contribution in [-0.4, -0.2) is 10.8 Å². The maximum atomic E-state index is 12.5. The van der Waals surface area contributed by atoms with E-state index in [0.29, 0.717) is 0 Å². The molecule has 3 rings (SSSR count). The molecule has 30 heavy (non-hydrogen) atoms. The van der Waals surface area contributed by atoms with Crippen molar-refractivity contribution in [1.82, 2.24) is 4.90 Å². The molecule has 0 aliphatic rings. The summed E-state index contributed by atoms with van der Waals surface area (Å²) in [6.07, 6.45) is 0. The maximum absolute atomic E-state index is 12.5. The summed E-state index contributed by atoms with van der Waals surface area (Å²) in [6.45, 7) is 9.85. The van der Waals surface area contributed by atoms with Crippen LogP contribution in [0.2, 0.25) is 0 Å². The van der Waals surface area contributed by atoms with Crippen LogP contribution in [0, 0.1) is 13.8 Å². The van der Waals surface area contributed by atoms with Crippen molar-refractivity contribution in [3.05, 3.63) is 93.5 Å². The molecule has 4 heteroatoms. The third kappa shape index (κ3) is 4.76. The first-order chi connectivity index (χ1) is 14.3. The normalized spacial score (nSPS) is 12.9. The van der Waals surface area contributed by atoms with E-state index in [9.17, 15) is 4.79 Å². The number of rotatable bonds is 6. The number of amides is 1. The number of carbonyl (C=O) groups excluding carboxylic acids is 1. The van der Waals surface area contributed by atoms with Gasteiger partial charge in [0.1, 0.15) is 11.5 Å². The van der Waals surface area contributed by atoms with Gasteiger partial charge >= 0.3 is 0 Å². The lowest BCUT2D eigenvalue weighted by Gasteiger charge is -2.34. The molecule has 0 heterocycles. The number of hydrogen-bond acceptors (Lipinski definition) is 2. The van der Waals surface area contributed by atoms with Crippen molar-refractivity contribution < 1.29 is 9.53 Å². The standard InChI is InChI=1S/C26H28BrNO2/c1-17-10-9-11-18(2)26(17)30-25-15-14-23(16-24(25)27)20(4)28(21(5)29)19(3)22-12-7-6-8-13-22/h6-16,19-20H,1-5H3. The third-order valence-electron chi connectivity index (χ3n) is 5.54. The van der Waals surface area contributed by atoms with Crippen LogP contribution in [0.1, 0.15) is 55.1 Å². The number of hydrogen-bond donors (Lipinski definition) is 0. The molecule has 156 valence electrons. The molecular formula is C26H28BrNO2. The fraction of sp³-hybridized carbons (Fsp3) is 0.269. The number of benzene rings is 3. The molecule has 1 amide bonds. The molecule has 0 saturated carbocycles. The molecule has 0 radical (unpaired) electrons. The second-order valence-electron chi connectivity index (χ2n) is 7.70. The summed E-state index contributed by atoms with van der Waals surface area (Å²) in [5, 5.41) is 0. The molecule has 0 aliphatic heterocycles. The van der Waals surface area contributed by atoms with E-state index in [4.69, 9.17) is 4.74 Å². The number of halogens is 1. The number of aryl methyl sites for hydroxylation is 2. The molecule has 3 aromatic rings. The number of para-hydroxylation sites is 1. The minimum absolute atomic E-state index is 0.0250. The van der Waals surface area contributed by atoms with Crippen LogP contribution in [-0.2, 0) is 4.79 Å². The molecule has 0 aliphatic carbocycles. The minimum Gasteiger partial charge on any atom is -0.456 e. The Morgan fingerprint density at radius 2 is 1.47 bits per heavy atom. The molecule has 3 nitrogen and oxygen atoms in total. The van der Waals surface area contributed by atoms with Gasteiger partial charge in [-0.25, -0.2) is 0 Å². The average Bonchev–Trinajstić information content (AvgIpc) is 2.72. The van der Waals surface area contributed by atoms with Gasteiger partial charge in [0.05, 0.1) is 16.6 Å². The molecule has 0 N–H and O–H groups in total. The highest BCUT2D eigenvalue weighted by molar-refractivity contribution is 9.10. The van der Waals surface area contributed by atoms with E-state index in [1.54, 1.807) is 6.92 Å². The van der Waals surface area contributed by atoms with Gasteiger partial charge in [-0.3, -0.25) is 4.79 Å². The Kier molecular flexibility index (Phi) is 6.99. The van der Waals surface area contributed by atoms with Crippen molar-refractivity contribution in [2.45, 2.75) is 46.7 Å². The maximum Gasteiger partial charge on any atom is 0.220 e. The smallest absolute Gasteiger partial charge is 0.220 e. The highest BCUT2D eigenvalue weighted by Crippen LogP contribution is 2.37. The lowest BCUT2D eigenvalue weighted by atomic mass is 10.0. The highest BCUT2D eigenvalue weighted by Gasteiger charge is 2.25. The molecule has 0 aromatic heterocycles. The second kappa shape index (κ2) is 9.48. The largest absolute Gasteiger partial charge is 0.456 e. The van der Waals surface area contributed by atoms with Gasteiger partial charge < -0.3 is 9.64 Å². The highest BCUT2D eigenvalue weighted by atomic mass is 79.9. The Bertz CT molecular complexity index is 1010. The molecule has 2 unspecified atom stereocenters. The summed E-state index contributed by atoms with van der Waals surface area (Å²) < 4.78 is 7.07. The van der Waals surface area contributed by atoms with E-state index in [-0.39, 0.29) is 18.0 Å². The second-order valence-corrected chi connectivity index (χ2v) is 8.56. The van der Waals surface area contributed by atoms with Crippen molar-refractivity contribution in [1.29, 1.82) is 0 Å². The van der Waals surface area contributed by atoms with Crippen LogP contribution in [0.5, 0.6) is 11.5 Å². The third-order valence-corrected chi connectivity index (χ3v) is 6.16. The van der Waals surface area contributed by atoms with Gasteiger partial charge in [0.2, 0.25) is 5.91 Å². The van der Waals surface area contributed by atoms with Gasteiger partial charge in [-0.15, -0.1) is 0 Å². The van der Waals surface area contributed by atoms with E-state index >= 15 is 0 Å². The van der Waals surface area contributed by atoms with E-state index < -0.39 is 0 Å². The molecule has 0 saturated heterocycles. The summed E-state index contributed by atoms with van der Waals surface area (Å²) in [4.78, 5) is 14.5. The van der Waals surface area contributed by atoms with E-state index in [2.05, 4.69) is 41.9 Å². The summed E-state index contributed by atoms with van der Waals surface area (Å²) in [5.74, 6) is 1.68. The number of carbonyl (C=O) groups is 1. The Hall–Kier alpha value is -2.59. The number of nitrogens with zero attached hydrogens (tertiary/aromatic N) is 1. The van der Waals surface area contributed by atoms with E-state index in [0.717, 1.165) is 38.2 Å². The average molecular weight is 466 g/mol. The topological polar surface area (TPSA) is 29.5 Å². The Morgan fingerprint density at radius 3 is 2.03 bits per heavy atom. The van der Waals surface area contributed by atoms with Crippen molar-refractivity contribution in [3.8, 4) is 11.5 Å². The molecule has 0 fully saturated rings. The van der Waals surface area contributed by atoms with Gasteiger partial charge in [-0.2, -0.15) is 0 Å². The minimum atomic E-state index is -0.0803. The van der Waals surface area contributed by atoms with Gasteiger partial charge in [-0.1, -0.05) is 54.6 Å². The van der Waals surface area contributed by atoms with Crippen molar-refractivity contribution in [2.24, 2.45) is 0 Å². The zero-order valence-electron chi connectivity index (χ0n) is 18.1. The fourth-order valence-electron chi connectivity index (χ4n) is 3.86. The summed E-state index contributed by atoms with van der Waals surface area (Å²) in [7, 11) is 0. The van der Waals surface area contributed by atoms with Crippen LogP contribution in [0.4, 0.5) is 0 Å². The molecular weight excluding hydrogens is 438 g/mol. The monoisotopic (exact) mass is 465 g/mol. The lowest BCUT2D eigenvalue weighted by Crippen LogP contribution is -2.34. The van der Waals surface area contributed by atoms with Crippen molar-refractivity contribution in [3.63, 3.8) is 0 Å². The predicted molar refractivity (Wildman–Crippen MR) is 126 cm³/mol. The van der Waals surface area contributed by atoms with E-state index in [1.165, 1.54) is 0 Å². The Balaban J connectivity index is 1.88. The molecule has 2 atom stereocenters. The van der Waals surface area contributed by atoms with Gasteiger partial charge in [0, 0.05) is 6.92 Å². The quantitative estimate of drug-likeness (QED) is 0.376. The van der Waals surface area contributed by atoms with Crippen molar-refractivity contribution in [2.75, 3.05) is 0 Å². The SMILES string of the molecule is CC(=O)N(C(C)c1ccccc1)C(C)c1ccc(Oc2c(C)cccc2C)c(Br)c1. The molecule has 3 aromatic carbocycles. The first-order valence-electron chi connectivity index (χ1n) is 10.2. The van der Waals surface area contributed by atoms with Crippen LogP contribution in [0.3, 0.4) is 0 Å². The van der Waals surface area contributed by atoms with Gasteiger partial charge in [0.25, 0.3) is 0 Å². The zero-order valence-corrected chi connectivity index (χ0v) is 19.7. The van der Waals surface area contributed by atoms with Gasteiger partial charge in [0.15, 0.2) is 0 Å². The number of ether oxygens (including phenoxy) is 1. The first kappa shape index (κ1) is 22.1. The Labute approximate surface area is 187 Å². The van der Waals surface area contributed by atoms with E-state index in [1.807, 2.05) is 73.3 Å². The van der Waals surface area contributed by atoms with Crippen LogP contribution >= 0.6 is 15.9 Å².